The van der Waals surface area contributed by atoms with Gasteiger partial charge in [0.25, 0.3) is 0 Å². The second-order valence-corrected chi connectivity index (χ2v) is 8.12. The molecule has 9 nitrogen and oxygen atoms in total. The summed E-state index contributed by atoms with van der Waals surface area (Å²) in [5.41, 5.74) is 0.945. The predicted molar refractivity (Wildman–Crippen MR) is 101 cm³/mol. The number of pyridine rings is 1. The van der Waals surface area contributed by atoms with Gasteiger partial charge in [-0.3, -0.25) is 15.1 Å². The second kappa shape index (κ2) is 7.17. The summed E-state index contributed by atoms with van der Waals surface area (Å²) in [4.78, 5) is 18.6. The van der Waals surface area contributed by atoms with Crippen LogP contribution in [0, 0.1) is 10.1 Å². The highest BCUT2D eigenvalue weighted by atomic mass is 79.9. The number of halogens is 1. The van der Waals surface area contributed by atoms with E-state index in [1.165, 1.54) is 18.5 Å². The molecule has 138 valence electrons. The van der Waals surface area contributed by atoms with E-state index in [2.05, 4.69) is 20.9 Å². The third kappa shape index (κ3) is 3.64. The van der Waals surface area contributed by atoms with Crippen LogP contribution in [0.5, 0.6) is 0 Å². The molecule has 0 radical (unpaired) electrons. The van der Waals surface area contributed by atoms with Crippen molar-refractivity contribution in [1.82, 2.24) is 4.98 Å². The molecule has 3 rings (SSSR count). The van der Waals surface area contributed by atoms with Gasteiger partial charge in [0.05, 0.1) is 15.1 Å². The van der Waals surface area contributed by atoms with Crippen LogP contribution in [0.25, 0.3) is 0 Å². The number of benzene rings is 1. The van der Waals surface area contributed by atoms with Gasteiger partial charge < -0.3 is 9.80 Å². The van der Waals surface area contributed by atoms with Gasteiger partial charge in [0, 0.05) is 32.4 Å². The smallest absolute Gasteiger partial charge is 0.311 e. The molecule has 1 aromatic carbocycles. The first-order valence-corrected chi connectivity index (χ1v) is 10.0. The van der Waals surface area contributed by atoms with Crippen LogP contribution in [-0.2, 0) is 10.0 Å². The van der Waals surface area contributed by atoms with E-state index >= 15 is 0 Å². The number of hydrogen-bond acceptors (Lipinski definition) is 7. The molecule has 2 aromatic rings. The highest BCUT2D eigenvalue weighted by Crippen LogP contribution is 2.36. The van der Waals surface area contributed by atoms with Crippen molar-refractivity contribution in [2.75, 3.05) is 36.0 Å². The molecule has 1 saturated heterocycles. The number of primary sulfonamides is 1. The van der Waals surface area contributed by atoms with Gasteiger partial charge in [-0.05, 0) is 28.1 Å². The summed E-state index contributed by atoms with van der Waals surface area (Å²) in [7, 11) is -3.83. The first kappa shape index (κ1) is 18.5. The summed E-state index contributed by atoms with van der Waals surface area (Å²) in [5, 5.41) is 16.6. The fourth-order valence-electron chi connectivity index (χ4n) is 2.99. The number of rotatable bonds is 4. The van der Waals surface area contributed by atoms with Crippen molar-refractivity contribution in [2.45, 2.75) is 4.90 Å². The molecule has 1 fully saturated rings. The van der Waals surface area contributed by atoms with E-state index in [-0.39, 0.29) is 10.6 Å². The predicted octanol–water partition coefficient (Wildman–Crippen LogP) is 1.73. The number of hydrogen-bond donors (Lipinski definition) is 1. The van der Waals surface area contributed by atoms with Gasteiger partial charge in [-0.2, -0.15) is 0 Å². The minimum Gasteiger partial charge on any atom is -0.367 e. The van der Waals surface area contributed by atoms with E-state index < -0.39 is 14.9 Å². The van der Waals surface area contributed by atoms with Crippen molar-refractivity contribution in [3.63, 3.8) is 0 Å². The van der Waals surface area contributed by atoms with Gasteiger partial charge in [0.15, 0.2) is 0 Å². The summed E-state index contributed by atoms with van der Waals surface area (Å²) in [6.45, 7) is 1.97. The van der Waals surface area contributed by atoms with E-state index in [1.807, 2.05) is 9.80 Å². The summed E-state index contributed by atoms with van der Waals surface area (Å²) in [6.07, 6.45) is 2.74. The molecule has 0 unspecified atom stereocenters. The van der Waals surface area contributed by atoms with E-state index in [0.29, 0.717) is 42.0 Å². The summed E-state index contributed by atoms with van der Waals surface area (Å²) in [5.74, 6) is 0. The SMILES string of the molecule is NS(=O)(=O)c1ccccc1N1CCN(c2c(Br)cncc2[N+](=O)[O-])CC1. The van der Waals surface area contributed by atoms with Gasteiger partial charge in [-0.25, -0.2) is 13.6 Å². The Labute approximate surface area is 158 Å². The van der Waals surface area contributed by atoms with Crippen LogP contribution >= 0.6 is 15.9 Å². The van der Waals surface area contributed by atoms with Crippen molar-refractivity contribution in [1.29, 1.82) is 0 Å². The minimum absolute atomic E-state index is 0.0715. The van der Waals surface area contributed by atoms with Crippen LogP contribution in [0.4, 0.5) is 17.1 Å². The first-order chi connectivity index (χ1) is 12.3. The van der Waals surface area contributed by atoms with Crippen molar-refractivity contribution in [3.8, 4) is 0 Å². The third-order valence-electron chi connectivity index (χ3n) is 4.16. The average Bonchev–Trinajstić information content (AvgIpc) is 2.61. The molecule has 0 spiro atoms. The maximum Gasteiger partial charge on any atom is 0.311 e. The Kier molecular flexibility index (Phi) is 5.12. The number of nitrogens with two attached hydrogens (primary N) is 1. The van der Waals surface area contributed by atoms with Crippen LogP contribution in [0.1, 0.15) is 0 Å². The molecule has 0 aliphatic carbocycles. The van der Waals surface area contributed by atoms with Crippen molar-refractivity contribution < 1.29 is 13.3 Å². The lowest BCUT2D eigenvalue weighted by molar-refractivity contribution is -0.384. The standard InChI is InChI=1S/C15H16BrN5O4S/c16-11-9-18-10-13(21(22)23)15(11)20-7-5-19(6-8-20)12-3-1-2-4-14(12)26(17,24)25/h1-4,9-10H,5-8H2,(H2,17,24,25). The van der Waals surface area contributed by atoms with E-state index in [4.69, 9.17) is 5.14 Å². The van der Waals surface area contributed by atoms with E-state index in [0.717, 1.165) is 0 Å². The van der Waals surface area contributed by atoms with Crippen LogP contribution in [0.15, 0.2) is 46.0 Å². The molecule has 1 aliphatic rings. The average molecular weight is 442 g/mol. The molecule has 0 amide bonds. The number of aromatic nitrogens is 1. The number of nitro groups is 1. The Hall–Kier alpha value is -2.24. The fraction of sp³-hybridized carbons (Fsp3) is 0.267. The van der Waals surface area contributed by atoms with Crippen LogP contribution < -0.4 is 14.9 Å². The summed E-state index contributed by atoms with van der Waals surface area (Å²) in [6, 6.07) is 6.55. The lowest BCUT2D eigenvalue weighted by Gasteiger charge is -2.37. The first-order valence-electron chi connectivity index (χ1n) is 7.68. The molecule has 11 heteroatoms. The molecular formula is C15H16BrN5O4S. The molecule has 26 heavy (non-hydrogen) atoms. The van der Waals surface area contributed by atoms with E-state index in [1.54, 1.807) is 18.2 Å². The Bertz CT molecular complexity index is 945. The minimum atomic E-state index is -3.83. The Morgan fingerprint density at radius 3 is 2.35 bits per heavy atom. The Morgan fingerprint density at radius 2 is 1.73 bits per heavy atom. The topological polar surface area (TPSA) is 123 Å². The summed E-state index contributed by atoms with van der Waals surface area (Å²) >= 11 is 3.33. The lowest BCUT2D eigenvalue weighted by atomic mass is 10.2. The number of para-hydroxylation sites is 1. The van der Waals surface area contributed by atoms with E-state index in [9.17, 15) is 18.5 Å². The molecule has 0 bridgehead atoms. The number of anilines is 2. The molecule has 1 aromatic heterocycles. The van der Waals surface area contributed by atoms with Crippen molar-refractivity contribution in [3.05, 3.63) is 51.2 Å². The van der Waals surface area contributed by atoms with Gasteiger partial charge in [0.1, 0.15) is 16.8 Å². The Morgan fingerprint density at radius 1 is 1.12 bits per heavy atom. The quantitative estimate of drug-likeness (QED) is 0.565. The van der Waals surface area contributed by atoms with Gasteiger partial charge in [-0.1, -0.05) is 12.1 Å². The molecule has 0 saturated carbocycles. The van der Waals surface area contributed by atoms with Crippen LogP contribution in [-0.4, -0.2) is 44.5 Å². The zero-order valence-electron chi connectivity index (χ0n) is 13.6. The normalized spacial score (nSPS) is 15.2. The third-order valence-corrected chi connectivity index (χ3v) is 5.70. The lowest BCUT2D eigenvalue weighted by Crippen LogP contribution is -2.47. The molecular weight excluding hydrogens is 426 g/mol. The van der Waals surface area contributed by atoms with Crippen LogP contribution in [0.3, 0.4) is 0 Å². The highest BCUT2D eigenvalue weighted by Gasteiger charge is 2.28. The molecule has 0 atom stereocenters. The largest absolute Gasteiger partial charge is 0.367 e. The number of sulfonamides is 1. The maximum atomic E-state index is 11.8. The van der Waals surface area contributed by atoms with Crippen LogP contribution in [0.2, 0.25) is 0 Å². The highest BCUT2D eigenvalue weighted by molar-refractivity contribution is 9.10. The zero-order chi connectivity index (χ0) is 18.9. The molecule has 1 aliphatic heterocycles. The number of piperazine rings is 1. The molecule has 2 N–H and O–H groups in total. The van der Waals surface area contributed by atoms with Gasteiger partial charge in [0.2, 0.25) is 10.0 Å². The zero-order valence-corrected chi connectivity index (χ0v) is 16.0. The second-order valence-electron chi connectivity index (χ2n) is 5.73. The Balaban J connectivity index is 1.85. The van der Waals surface area contributed by atoms with Gasteiger partial charge in [-0.15, -0.1) is 0 Å². The fourth-order valence-corrected chi connectivity index (χ4v) is 4.32. The van der Waals surface area contributed by atoms with Crippen molar-refractivity contribution >= 4 is 43.0 Å². The van der Waals surface area contributed by atoms with Crippen molar-refractivity contribution in [2.24, 2.45) is 5.14 Å². The maximum absolute atomic E-state index is 11.8. The molecule has 2 heterocycles. The van der Waals surface area contributed by atoms with Gasteiger partial charge >= 0.3 is 5.69 Å². The monoisotopic (exact) mass is 441 g/mol. The summed E-state index contributed by atoms with van der Waals surface area (Å²) < 4.78 is 24.1. The number of nitrogens with zero attached hydrogens (tertiary/aromatic N) is 4.